The van der Waals surface area contributed by atoms with Gasteiger partial charge in [0.15, 0.2) is 0 Å². The van der Waals surface area contributed by atoms with Crippen molar-refractivity contribution in [3.8, 4) is 0 Å². The van der Waals surface area contributed by atoms with Gasteiger partial charge in [-0.1, -0.05) is 6.92 Å². The highest BCUT2D eigenvalue weighted by atomic mass is 19.1. The van der Waals surface area contributed by atoms with Gasteiger partial charge in [0, 0.05) is 31.0 Å². The lowest BCUT2D eigenvalue weighted by Crippen LogP contribution is -2.60. The van der Waals surface area contributed by atoms with Crippen molar-refractivity contribution in [1.29, 1.82) is 0 Å². The van der Waals surface area contributed by atoms with Gasteiger partial charge in [0.25, 0.3) is 0 Å². The lowest BCUT2D eigenvalue weighted by Gasteiger charge is -2.51. The summed E-state index contributed by atoms with van der Waals surface area (Å²) in [7, 11) is 0. The predicted molar refractivity (Wildman–Crippen MR) is 83.0 cm³/mol. The molecule has 4 fully saturated rings. The van der Waals surface area contributed by atoms with Crippen molar-refractivity contribution in [2.24, 2.45) is 5.92 Å². The van der Waals surface area contributed by atoms with Gasteiger partial charge in [0.2, 0.25) is 5.91 Å². The zero-order chi connectivity index (χ0) is 16.1. The summed E-state index contributed by atoms with van der Waals surface area (Å²) in [6.07, 6.45) is 2.73. The van der Waals surface area contributed by atoms with Crippen LogP contribution in [0.4, 0.5) is 8.78 Å². The first-order valence-corrected chi connectivity index (χ1v) is 8.58. The molecule has 4 heterocycles. The number of benzene rings is 1. The van der Waals surface area contributed by atoms with Gasteiger partial charge in [0.05, 0.1) is 6.04 Å². The van der Waals surface area contributed by atoms with E-state index in [1.807, 2.05) is 11.8 Å². The topological polar surface area (TPSA) is 23.6 Å². The summed E-state index contributed by atoms with van der Waals surface area (Å²) in [6, 6.07) is 4.21. The molecule has 0 aliphatic carbocycles. The van der Waals surface area contributed by atoms with Crippen molar-refractivity contribution < 1.29 is 13.6 Å². The fraction of sp³-hybridized carbons (Fsp3) is 0.611. The average Bonchev–Trinajstić information content (AvgIpc) is 2.97. The lowest BCUT2D eigenvalue weighted by molar-refractivity contribution is -0.135. The first kappa shape index (κ1) is 15.1. The number of amides is 1. The Labute approximate surface area is 135 Å². The summed E-state index contributed by atoms with van der Waals surface area (Å²) >= 11 is 0. The van der Waals surface area contributed by atoms with E-state index >= 15 is 0 Å². The van der Waals surface area contributed by atoms with Crippen molar-refractivity contribution in [3.63, 3.8) is 0 Å². The van der Waals surface area contributed by atoms with Crippen LogP contribution < -0.4 is 0 Å². The summed E-state index contributed by atoms with van der Waals surface area (Å²) in [6.45, 7) is 4.54. The Bertz CT molecular complexity index is 607. The number of fused-ring (bicyclic) bond motifs is 2. The second-order valence-electron chi connectivity index (χ2n) is 7.06. The third-order valence-corrected chi connectivity index (χ3v) is 5.93. The molecule has 5 heteroatoms. The monoisotopic (exact) mass is 320 g/mol. The Morgan fingerprint density at radius 2 is 1.78 bits per heavy atom. The second kappa shape index (κ2) is 5.55. The molecule has 0 saturated carbocycles. The first-order valence-electron chi connectivity index (χ1n) is 8.58. The average molecular weight is 320 g/mol. The van der Waals surface area contributed by atoms with Crippen molar-refractivity contribution >= 4 is 5.91 Å². The van der Waals surface area contributed by atoms with Crippen LogP contribution in [0, 0.1) is 17.6 Å². The largest absolute Gasteiger partial charge is 0.337 e. The number of nitrogens with zero attached hydrogens (tertiary/aromatic N) is 2. The minimum absolute atomic E-state index is 0.00352. The number of likely N-dealkylation sites (tertiary alicyclic amines) is 1. The Hall–Kier alpha value is -1.49. The number of hydrogen-bond acceptors (Lipinski definition) is 2. The van der Waals surface area contributed by atoms with Gasteiger partial charge in [-0.3, -0.25) is 9.69 Å². The fourth-order valence-electron chi connectivity index (χ4n) is 4.99. The first-order chi connectivity index (χ1) is 11.1. The third-order valence-electron chi connectivity index (χ3n) is 5.93. The molecule has 124 valence electrons. The van der Waals surface area contributed by atoms with E-state index < -0.39 is 11.6 Å². The standard InChI is InChI=1S/C18H22F2N2O/c1-2-16(23)22-10-15(12-7-13(19)9-14(20)8-12)18-17(22)11-3-5-21(18)6-4-11/h7-9,11,15,17-18H,2-6,10H2,1H3/t15-,17-,18-/m1/s1. The number of carbonyl (C=O) groups is 1. The molecule has 1 aromatic carbocycles. The van der Waals surface area contributed by atoms with Crippen LogP contribution in [-0.4, -0.2) is 47.4 Å². The van der Waals surface area contributed by atoms with Crippen molar-refractivity contribution in [1.82, 2.24) is 9.80 Å². The maximum absolute atomic E-state index is 13.7. The number of rotatable bonds is 2. The number of piperidine rings is 3. The summed E-state index contributed by atoms with van der Waals surface area (Å²) < 4.78 is 27.4. The van der Waals surface area contributed by atoms with E-state index in [0.717, 1.165) is 32.0 Å². The van der Waals surface area contributed by atoms with Gasteiger partial charge < -0.3 is 4.90 Å². The number of carbonyl (C=O) groups excluding carboxylic acids is 1. The molecule has 2 bridgehead atoms. The Balaban J connectivity index is 1.74. The minimum atomic E-state index is -0.534. The summed E-state index contributed by atoms with van der Waals surface area (Å²) in [5, 5.41) is 0. The van der Waals surface area contributed by atoms with E-state index in [4.69, 9.17) is 0 Å². The van der Waals surface area contributed by atoms with Crippen LogP contribution in [0.25, 0.3) is 0 Å². The molecule has 1 amide bonds. The van der Waals surface area contributed by atoms with Crippen LogP contribution in [0.1, 0.15) is 37.7 Å². The fourth-order valence-corrected chi connectivity index (χ4v) is 4.99. The van der Waals surface area contributed by atoms with Gasteiger partial charge in [-0.05, 0) is 49.5 Å². The molecule has 0 unspecified atom stereocenters. The zero-order valence-electron chi connectivity index (χ0n) is 13.3. The molecule has 3 nitrogen and oxygen atoms in total. The van der Waals surface area contributed by atoms with Gasteiger partial charge in [-0.25, -0.2) is 8.78 Å². The maximum atomic E-state index is 13.7. The predicted octanol–water partition coefficient (Wildman–Crippen LogP) is 2.76. The van der Waals surface area contributed by atoms with Crippen LogP contribution in [0.2, 0.25) is 0 Å². The Kier molecular flexibility index (Phi) is 3.63. The molecule has 3 atom stereocenters. The van der Waals surface area contributed by atoms with Gasteiger partial charge >= 0.3 is 0 Å². The zero-order valence-corrected chi connectivity index (χ0v) is 13.3. The van der Waals surface area contributed by atoms with Crippen LogP contribution in [0.3, 0.4) is 0 Å². The molecule has 4 saturated heterocycles. The maximum Gasteiger partial charge on any atom is 0.222 e. The highest BCUT2D eigenvalue weighted by Crippen LogP contribution is 2.46. The SMILES string of the molecule is CCC(=O)N1C[C@H](c2cc(F)cc(F)c2)[C@@H]2[C@H]1C1CCN2CC1. The summed E-state index contributed by atoms with van der Waals surface area (Å²) in [5.74, 6) is -0.374. The van der Waals surface area contributed by atoms with Crippen LogP contribution in [-0.2, 0) is 4.79 Å². The molecule has 5 rings (SSSR count). The molecular formula is C18H22F2N2O. The quantitative estimate of drug-likeness (QED) is 0.836. The molecule has 1 aromatic rings. The third kappa shape index (κ3) is 2.36. The Morgan fingerprint density at radius 3 is 2.39 bits per heavy atom. The molecule has 23 heavy (non-hydrogen) atoms. The van der Waals surface area contributed by atoms with E-state index in [-0.39, 0.29) is 23.9 Å². The molecule has 0 radical (unpaired) electrons. The number of hydrogen-bond donors (Lipinski definition) is 0. The van der Waals surface area contributed by atoms with Crippen LogP contribution in [0.15, 0.2) is 18.2 Å². The molecule has 4 aliphatic heterocycles. The summed E-state index contributed by atoms with van der Waals surface area (Å²) in [5.41, 5.74) is 0.691. The van der Waals surface area contributed by atoms with Crippen LogP contribution in [0.5, 0.6) is 0 Å². The van der Waals surface area contributed by atoms with Crippen molar-refractivity contribution in [3.05, 3.63) is 35.4 Å². The van der Waals surface area contributed by atoms with E-state index in [1.54, 1.807) is 0 Å². The lowest BCUT2D eigenvalue weighted by atomic mass is 9.75. The van der Waals surface area contributed by atoms with Gasteiger partial charge in [0.1, 0.15) is 11.6 Å². The van der Waals surface area contributed by atoms with E-state index in [9.17, 15) is 13.6 Å². The van der Waals surface area contributed by atoms with Crippen molar-refractivity contribution in [2.45, 2.75) is 44.2 Å². The molecule has 0 N–H and O–H groups in total. The normalized spacial score (nSPS) is 35.4. The van der Waals surface area contributed by atoms with Crippen LogP contribution >= 0.6 is 0 Å². The molecule has 0 aromatic heterocycles. The van der Waals surface area contributed by atoms with E-state index in [0.29, 0.717) is 24.4 Å². The molecule has 0 spiro atoms. The number of halogens is 2. The Morgan fingerprint density at radius 1 is 1.13 bits per heavy atom. The van der Waals surface area contributed by atoms with Gasteiger partial charge in [-0.15, -0.1) is 0 Å². The summed E-state index contributed by atoms with van der Waals surface area (Å²) in [4.78, 5) is 16.8. The highest BCUT2D eigenvalue weighted by molar-refractivity contribution is 5.77. The highest BCUT2D eigenvalue weighted by Gasteiger charge is 2.54. The molecule has 4 aliphatic rings. The smallest absolute Gasteiger partial charge is 0.222 e. The molecular weight excluding hydrogens is 298 g/mol. The van der Waals surface area contributed by atoms with Crippen molar-refractivity contribution in [2.75, 3.05) is 19.6 Å². The van der Waals surface area contributed by atoms with Gasteiger partial charge in [-0.2, -0.15) is 0 Å². The minimum Gasteiger partial charge on any atom is -0.337 e. The van der Waals surface area contributed by atoms with E-state index in [2.05, 4.69) is 4.90 Å². The second-order valence-corrected chi connectivity index (χ2v) is 7.06. The van der Waals surface area contributed by atoms with E-state index in [1.165, 1.54) is 12.1 Å².